The van der Waals surface area contributed by atoms with Crippen molar-refractivity contribution in [3.63, 3.8) is 0 Å². The number of hydrogen-bond donors (Lipinski definition) is 2. The zero-order valence-electron chi connectivity index (χ0n) is 9.56. The molecule has 1 heterocycles. The molecule has 98 valence electrons. The van der Waals surface area contributed by atoms with Crippen LogP contribution in [0.15, 0.2) is 30.5 Å². The number of pyridine rings is 1. The lowest BCUT2D eigenvalue weighted by Crippen LogP contribution is -2.13. The first-order valence-corrected chi connectivity index (χ1v) is 5.53. The fourth-order valence-electron chi connectivity index (χ4n) is 1.38. The number of rotatable bonds is 3. The van der Waals surface area contributed by atoms with Gasteiger partial charge in [-0.2, -0.15) is 0 Å². The molecule has 0 unspecified atom stereocenters. The summed E-state index contributed by atoms with van der Waals surface area (Å²) in [5, 5.41) is -0.103. The average molecular weight is 282 g/mol. The zero-order chi connectivity index (χ0) is 14.0. The molecule has 0 atom stereocenters. The van der Waals surface area contributed by atoms with Crippen LogP contribution in [0.5, 0.6) is 11.6 Å². The molecular weight excluding hydrogens is 273 g/mol. The molecular formula is C12H9ClFN3O2. The lowest BCUT2D eigenvalue weighted by Gasteiger charge is -2.09. The van der Waals surface area contributed by atoms with E-state index in [9.17, 15) is 9.18 Å². The third-order valence-corrected chi connectivity index (χ3v) is 2.53. The number of nitrogen functional groups attached to an aromatic ring is 1. The molecule has 0 bridgehead atoms. The molecule has 0 radical (unpaired) electrons. The topological polar surface area (TPSA) is 91.2 Å². The summed E-state index contributed by atoms with van der Waals surface area (Å²) in [7, 11) is 0. The number of benzene rings is 1. The molecule has 1 aromatic heterocycles. The highest BCUT2D eigenvalue weighted by Gasteiger charge is 2.13. The van der Waals surface area contributed by atoms with Crippen LogP contribution in [0.1, 0.15) is 10.4 Å². The molecule has 1 amide bonds. The second-order valence-electron chi connectivity index (χ2n) is 3.66. The first kappa shape index (κ1) is 13.1. The molecule has 0 spiro atoms. The van der Waals surface area contributed by atoms with Crippen LogP contribution in [-0.4, -0.2) is 10.9 Å². The van der Waals surface area contributed by atoms with Crippen molar-refractivity contribution in [2.75, 3.05) is 5.73 Å². The van der Waals surface area contributed by atoms with E-state index in [1.165, 1.54) is 24.4 Å². The van der Waals surface area contributed by atoms with Crippen molar-refractivity contribution >= 4 is 23.2 Å². The SMILES string of the molecule is NC(=O)c1cc(N)cnc1Oc1ccc(F)c(Cl)c1. The van der Waals surface area contributed by atoms with Crippen molar-refractivity contribution in [1.82, 2.24) is 4.98 Å². The summed E-state index contributed by atoms with van der Waals surface area (Å²) in [6.45, 7) is 0. The highest BCUT2D eigenvalue weighted by Crippen LogP contribution is 2.27. The van der Waals surface area contributed by atoms with Gasteiger partial charge in [0.2, 0.25) is 5.88 Å². The smallest absolute Gasteiger partial charge is 0.254 e. The molecule has 0 aliphatic rings. The van der Waals surface area contributed by atoms with Gasteiger partial charge in [-0.3, -0.25) is 4.79 Å². The maximum absolute atomic E-state index is 13.0. The number of carbonyl (C=O) groups excluding carboxylic acids is 1. The molecule has 1 aromatic carbocycles. The van der Waals surface area contributed by atoms with Crippen molar-refractivity contribution in [3.05, 3.63) is 46.9 Å². The first-order valence-electron chi connectivity index (χ1n) is 5.15. The predicted molar refractivity (Wildman–Crippen MR) is 68.7 cm³/mol. The van der Waals surface area contributed by atoms with Gasteiger partial charge in [-0.05, 0) is 18.2 Å². The lowest BCUT2D eigenvalue weighted by molar-refractivity contribution is 0.0997. The Kier molecular flexibility index (Phi) is 3.52. The Hall–Kier alpha value is -2.34. The summed E-state index contributed by atoms with van der Waals surface area (Å²) in [5.41, 5.74) is 11.0. The predicted octanol–water partition coefficient (Wildman–Crippen LogP) is 2.35. The summed E-state index contributed by atoms with van der Waals surface area (Å²) in [4.78, 5) is 15.1. The van der Waals surface area contributed by atoms with Gasteiger partial charge < -0.3 is 16.2 Å². The Balaban J connectivity index is 2.37. The Morgan fingerprint density at radius 2 is 2.11 bits per heavy atom. The zero-order valence-corrected chi connectivity index (χ0v) is 10.3. The highest BCUT2D eigenvalue weighted by molar-refractivity contribution is 6.30. The monoisotopic (exact) mass is 281 g/mol. The van der Waals surface area contributed by atoms with Gasteiger partial charge in [0, 0.05) is 6.07 Å². The van der Waals surface area contributed by atoms with Gasteiger partial charge in [-0.1, -0.05) is 11.6 Å². The Bertz CT molecular complexity index is 649. The van der Waals surface area contributed by atoms with Gasteiger partial charge >= 0.3 is 0 Å². The van der Waals surface area contributed by atoms with Crippen LogP contribution in [0.4, 0.5) is 10.1 Å². The molecule has 0 fully saturated rings. The molecule has 4 N–H and O–H groups in total. The number of nitrogens with two attached hydrogens (primary N) is 2. The Morgan fingerprint density at radius 1 is 1.37 bits per heavy atom. The maximum atomic E-state index is 13.0. The summed E-state index contributed by atoms with van der Waals surface area (Å²) >= 11 is 5.62. The van der Waals surface area contributed by atoms with E-state index in [1.807, 2.05) is 0 Å². The van der Waals surface area contributed by atoms with E-state index in [1.54, 1.807) is 0 Å². The van der Waals surface area contributed by atoms with Gasteiger partial charge in [0.25, 0.3) is 5.91 Å². The van der Waals surface area contributed by atoms with Gasteiger partial charge in [0.15, 0.2) is 0 Å². The van der Waals surface area contributed by atoms with Crippen LogP contribution in [-0.2, 0) is 0 Å². The number of halogens is 2. The third-order valence-electron chi connectivity index (χ3n) is 2.24. The van der Waals surface area contributed by atoms with Crippen LogP contribution in [0.3, 0.4) is 0 Å². The molecule has 7 heteroatoms. The summed E-state index contributed by atoms with van der Waals surface area (Å²) in [6.07, 6.45) is 1.31. The number of nitrogens with zero attached hydrogens (tertiary/aromatic N) is 1. The first-order chi connectivity index (χ1) is 8.97. The van der Waals surface area contributed by atoms with Crippen LogP contribution >= 0.6 is 11.6 Å². The van der Waals surface area contributed by atoms with Crippen molar-refractivity contribution in [2.45, 2.75) is 0 Å². The molecule has 0 saturated heterocycles. The lowest BCUT2D eigenvalue weighted by atomic mass is 10.2. The van der Waals surface area contributed by atoms with Crippen molar-refractivity contribution in [1.29, 1.82) is 0 Å². The molecule has 2 rings (SSSR count). The largest absolute Gasteiger partial charge is 0.438 e. The Morgan fingerprint density at radius 3 is 2.74 bits per heavy atom. The molecule has 19 heavy (non-hydrogen) atoms. The van der Waals surface area contributed by atoms with Crippen LogP contribution < -0.4 is 16.2 Å². The summed E-state index contributed by atoms with van der Waals surface area (Å²) in [6, 6.07) is 5.10. The number of carbonyl (C=O) groups is 1. The minimum Gasteiger partial charge on any atom is -0.438 e. The number of ether oxygens (including phenoxy) is 1. The van der Waals surface area contributed by atoms with Crippen molar-refractivity contribution in [2.24, 2.45) is 5.73 Å². The van der Waals surface area contributed by atoms with Gasteiger partial charge in [0.1, 0.15) is 17.1 Å². The molecule has 5 nitrogen and oxygen atoms in total. The third kappa shape index (κ3) is 2.92. The van der Waals surface area contributed by atoms with E-state index in [4.69, 9.17) is 27.8 Å². The molecule has 2 aromatic rings. The second-order valence-corrected chi connectivity index (χ2v) is 4.07. The fourth-order valence-corrected chi connectivity index (χ4v) is 1.55. The van der Waals surface area contributed by atoms with Crippen LogP contribution in [0, 0.1) is 5.82 Å². The maximum Gasteiger partial charge on any atom is 0.254 e. The molecule has 0 aliphatic heterocycles. The van der Waals surface area contributed by atoms with Crippen LogP contribution in [0.25, 0.3) is 0 Å². The van der Waals surface area contributed by atoms with Gasteiger partial charge in [-0.25, -0.2) is 9.37 Å². The molecule has 0 saturated carbocycles. The van der Waals surface area contributed by atoms with Gasteiger partial charge in [-0.15, -0.1) is 0 Å². The van der Waals surface area contributed by atoms with E-state index in [0.29, 0.717) is 0 Å². The molecule has 0 aliphatic carbocycles. The standard InChI is InChI=1S/C12H9ClFN3O2/c13-9-4-7(1-2-10(9)14)19-12-8(11(16)18)3-6(15)5-17-12/h1-5H,15H2,(H2,16,18). The minimum atomic E-state index is -0.733. The average Bonchev–Trinajstić information content (AvgIpc) is 2.36. The van der Waals surface area contributed by atoms with Crippen molar-refractivity contribution < 1.29 is 13.9 Å². The number of amides is 1. The number of anilines is 1. The van der Waals surface area contributed by atoms with E-state index >= 15 is 0 Å². The van der Waals surface area contributed by atoms with E-state index < -0.39 is 11.7 Å². The van der Waals surface area contributed by atoms with E-state index in [2.05, 4.69) is 4.98 Å². The quantitative estimate of drug-likeness (QED) is 0.903. The summed E-state index contributed by atoms with van der Waals surface area (Å²) < 4.78 is 18.3. The minimum absolute atomic E-state index is 0.0237. The van der Waals surface area contributed by atoms with Crippen LogP contribution in [0.2, 0.25) is 5.02 Å². The Labute approximate surface area is 112 Å². The summed E-state index contributed by atoms with van der Waals surface area (Å²) in [5.74, 6) is -1.10. The second kappa shape index (κ2) is 5.11. The van der Waals surface area contributed by atoms with Gasteiger partial charge in [0.05, 0.1) is 16.9 Å². The van der Waals surface area contributed by atoms with E-state index in [-0.39, 0.29) is 27.9 Å². The number of hydrogen-bond acceptors (Lipinski definition) is 4. The fraction of sp³-hybridized carbons (Fsp3) is 0. The van der Waals surface area contributed by atoms with E-state index in [0.717, 1.165) is 6.07 Å². The van der Waals surface area contributed by atoms with Crippen molar-refractivity contribution in [3.8, 4) is 11.6 Å². The highest BCUT2D eigenvalue weighted by atomic mass is 35.5. The normalized spacial score (nSPS) is 10.2. The number of primary amides is 1. The number of aromatic nitrogens is 1.